The molecule has 0 spiro atoms. The van der Waals surface area contributed by atoms with Crippen LogP contribution < -0.4 is 15.1 Å². The van der Waals surface area contributed by atoms with Crippen LogP contribution in [-0.2, 0) is 0 Å². The minimum atomic E-state index is 0.731. The van der Waals surface area contributed by atoms with Gasteiger partial charge in [-0.1, -0.05) is 12.1 Å². The number of rotatable bonds is 3. The Morgan fingerprint density at radius 1 is 0.786 bits per heavy atom. The van der Waals surface area contributed by atoms with E-state index in [2.05, 4.69) is 31.4 Å². The minimum Gasteiger partial charge on any atom is -0.341 e. The third-order valence-electron chi connectivity index (χ3n) is 5.60. The Bertz CT molecular complexity index is 938. The highest BCUT2D eigenvalue weighted by molar-refractivity contribution is 5.92. The number of piperidine rings is 1. The number of hydrogen-bond acceptors (Lipinski definition) is 7. The van der Waals surface area contributed by atoms with Gasteiger partial charge >= 0.3 is 0 Å². The molecule has 2 aromatic heterocycles. The number of anilines is 2. The van der Waals surface area contributed by atoms with E-state index in [1.54, 1.807) is 0 Å². The molecule has 8 nitrogen and oxygen atoms in total. The highest BCUT2D eigenvalue weighted by Gasteiger charge is 2.21. The van der Waals surface area contributed by atoms with E-state index < -0.39 is 0 Å². The molecule has 8 heteroatoms. The molecule has 0 amide bonds. The molecule has 1 aromatic carbocycles. The van der Waals surface area contributed by atoms with Crippen LogP contribution in [0.2, 0.25) is 0 Å². The summed E-state index contributed by atoms with van der Waals surface area (Å²) in [6, 6.07) is 6.12. The molecule has 2 aliphatic rings. The number of nitrogens with zero attached hydrogens (tertiary/aromatic N) is 6. The third-order valence-corrected chi connectivity index (χ3v) is 5.60. The fourth-order valence-corrected chi connectivity index (χ4v) is 4.06. The first-order valence-electron chi connectivity index (χ1n) is 10.3. The smallest absolute Gasteiger partial charge is 0.230 e. The third kappa shape index (κ3) is 3.40. The van der Waals surface area contributed by atoms with E-state index in [9.17, 15) is 0 Å². The number of H-pyrrole nitrogens is 1. The molecule has 0 aliphatic carbocycles. The summed E-state index contributed by atoms with van der Waals surface area (Å²) in [5.74, 6) is 2.32. The number of aromatic nitrogens is 5. The SMILES string of the molecule is c1cc(-c2nc(N3CCCCC3)nc(N3CCCNCC3)n2)c2cn[nH]c2c1. The first-order valence-corrected chi connectivity index (χ1v) is 10.3. The van der Waals surface area contributed by atoms with Gasteiger partial charge in [-0.15, -0.1) is 0 Å². The van der Waals surface area contributed by atoms with Gasteiger partial charge in [0.05, 0.1) is 11.7 Å². The van der Waals surface area contributed by atoms with E-state index >= 15 is 0 Å². The van der Waals surface area contributed by atoms with Crippen LogP contribution in [0.4, 0.5) is 11.9 Å². The highest BCUT2D eigenvalue weighted by atomic mass is 15.3. The molecule has 146 valence electrons. The maximum absolute atomic E-state index is 4.90. The fraction of sp³-hybridized carbons (Fsp3) is 0.500. The quantitative estimate of drug-likeness (QED) is 0.723. The van der Waals surface area contributed by atoms with Crippen molar-refractivity contribution in [3.05, 3.63) is 24.4 Å². The van der Waals surface area contributed by atoms with Gasteiger partial charge in [0.15, 0.2) is 5.82 Å². The molecule has 2 N–H and O–H groups in total. The Balaban J connectivity index is 1.60. The van der Waals surface area contributed by atoms with Crippen LogP contribution in [0.5, 0.6) is 0 Å². The molecule has 0 unspecified atom stereocenters. The molecule has 28 heavy (non-hydrogen) atoms. The highest BCUT2D eigenvalue weighted by Crippen LogP contribution is 2.28. The lowest BCUT2D eigenvalue weighted by Crippen LogP contribution is -2.33. The second-order valence-corrected chi connectivity index (χ2v) is 7.53. The molecule has 0 radical (unpaired) electrons. The maximum atomic E-state index is 4.90. The molecule has 0 atom stereocenters. The van der Waals surface area contributed by atoms with Gasteiger partial charge in [-0.3, -0.25) is 5.10 Å². The summed E-state index contributed by atoms with van der Waals surface area (Å²) in [6.45, 7) is 5.91. The van der Waals surface area contributed by atoms with Crippen molar-refractivity contribution in [2.75, 3.05) is 49.1 Å². The van der Waals surface area contributed by atoms with Gasteiger partial charge in [0.2, 0.25) is 11.9 Å². The minimum absolute atomic E-state index is 0.731. The van der Waals surface area contributed by atoms with E-state index in [0.717, 1.165) is 79.9 Å². The molecule has 3 aromatic rings. The van der Waals surface area contributed by atoms with Crippen LogP contribution >= 0.6 is 0 Å². The van der Waals surface area contributed by atoms with Gasteiger partial charge in [0.25, 0.3) is 0 Å². The van der Waals surface area contributed by atoms with Crippen LogP contribution in [0.3, 0.4) is 0 Å². The topological polar surface area (TPSA) is 85.9 Å². The lowest BCUT2D eigenvalue weighted by Gasteiger charge is -2.28. The molecule has 2 fully saturated rings. The van der Waals surface area contributed by atoms with E-state index in [-0.39, 0.29) is 0 Å². The normalized spacial score (nSPS) is 18.4. The van der Waals surface area contributed by atoms with Gasteiger partial charge < -0.3 is 15.1 Å². The van der Waals surface area contributed by atoms with Crippen molar-refractivity contribution in [1.82, 2.24) is 30.5 Å². The number of fused-ring (bicyclic) bond motifs is 1. The molecular weight excluding hydrogens is 352 g/mol. The molecule has 4 heterocycles. The van der Waals surface area contributed by atoms with Crippen LogP contribution in [0.15, 0.2) is 24.4 Å². The average molecular weight is 378 g/mol. The van der Waals surface area contributed by atoms with Crippen molar-refractivity contribution in [3.8, 4) is 11.4 Å². The summed E-state index contributed by atoms with van der Waals surface area (Å²) in [5.41, 5.74) is 2.00. The summed E-state index contributed by atoms with van der Waals surface area (Å²) in [6.07, 6.45) is 6.62. The predicted octanol–water partition coefficient (Wildman–Crippen LogP) is 2.20. The maximum Gasteiger partial charge on any atom is 0.230 e. The molecule has 5 rings (SSSR count). The van der Waals surface area contributed by atoms with Crippen molar-refractivity contribution < 1.29 is 0 Å². The summed E-state index contributed by atoms with van der Waals surface area (Å²) in [5, 5.41) is 11.7. The van der Waals surface area contributed by atoms with Gasteiger partial charge in [-0.25, -0.2) is 0 Å². The first kappa shape index (κ1) is 17.4. The lowest BCUT2D eigenvalue weighted by atomic mass is 10.1. The van der Waals surface area contributed by atoms with Gasteiger partial charge in [0, 0.05) is 43.7 Å². The van der Waals surface area contributed by atoms with Crippen molar-refractivity contribution in [1.29, 1.82) is 0 Å². The predicted molar refractivity (Wildman–Crippen MR) is 111 cm³/mol. The van der Waals surface area contributed by atoms with Gasteiger partial charge in [-0.2, -0.15) is 20.1 Å². The number of aromatic amines is 1. The molecule has 2 aliphatic heterocycles. The Morgan fingerprint density at radius 3 is 2.43 bits per heavy atom. The Morgan fingerprint density at radius 2 is 1.57 bits per heavy atom. The van der Waals surface area contributed by atoms with E-state index in [4.69, 9.17) is 15.0 Å². The monoisotopic (exact) mass is 378 g/mol. The van der Waals surface area contributed by atoms with E-state index in [0.29, 0.717) is 0 Å². The largest absolute Gasteiger partial charge is 0.341 e. The standard InChI is InChI=1S/C20H26N8/c1-2-10-27(11-3-1)19-23-18(15-6-4-7-17-16(15)14-22-26-17)24-20(25-19)28-12-5-8-21-9-13-28/h4,6-7,14,21H,1-3,5,8-13H2,(H,22,26). The number of hydrogen-bond donors (Lipinski definition) is 2. The second kappa shape index (κ2) is 7.71. The van der Waals surface area contributed by atoms with Gasteiger partial charge in [-0.05, 0) is 38.3 Å². The molecule has 0 bridgehead atoms. The lowest BCUT2D eigenvalue weighted by molar-refractivity contribution is 0.567. The fourth-order valence-electron chi connectivity index (χ4n) is 4.06. The summed E-state index contributed by atoms with van der Waals surface area (Å²) < 4.78 is 0. The summed E-state index contributed by atoms with van der Waals surface area (Å²) in [4.78, 5) is 19.3. The van der Waals surface area contributed by atoms with Crippen LogP contribution in [0.1, 0.15) is 25.7 Å². The zero-order valence-corrected chi connectivity index (χ0v) is 16.1. The average Bonchev–Trinajstić information content (AvgIpc) is 3.07. The van der Waals surface area contributed by atoms with Crippen molar-refractivity contribution in [3.63, 3.8) is 0 Å². The first-order chi connectivity index (χ1) is 13.9. The van der Waals surface area contributed by atoms with Crippen LogP contribution in [0.25, 0.3) is 22.3 Å². The van der Waals surface area contributed by atoms with Crippen molar-refractivity contribution in [2.45, 2.75) is 25.7 Å². The second-order valence-electron chi connectivity index (χ2n) is 7.53. The summed E-state index contributed by atoms with van der Waals surface area (Å²) >= 11 is 0. The number of benzene rings is 1. The number of nitrogens with one attached hydrogen (secondary N) is 2. The Kier molecular flexibility index (Phi) is 4.78. The Labute approximate surface area is 164 Å². The van der Waals surface area contributed by atoms with Gasteiger partial charge in [0.1, 0.15) is 0 Å². The Hall–Kier alpha value is -2.74. The van der Waals surface area contributed by atoms with Crippen molar-refractivity contribution in [2.24, 2.45) is 0 Å². The zero-order valence-electron chi connectivity index (χ0n) is 16.1. The van der Waals surface area contributed by atoms with Crippen molar-refractivity contribution >= 4 is 22.8 Å². The molecular formula is C20H26N8. The van der Waals surface area contributed by atoms with Crippen LogP contribution in [-0.4, -0.2) is 64.4 Å². The molecule has 2 saturated heterocycles. The van der Waals surface area contributed by atoms with E-state index in [1.165, 1.54) is 19.3 Å². The zero-order chi connectivity index (χ0) is 18.8. The van der Waals surface area contributed by atoms with Crippen LogP contribution in [0, 0.1) is 0 Å². The molecule has 0 saturated carbocycles. The van der Waals surface area contributed by atoms with E-state index in [1.807, 2.05) is 18.3 Å². The summed E-state index contributed by atoms with van der Waals surface area (Å²) in [7, 11) is 0.